The summed E-state index contributed by atoms with van der Waals surface area (Å²) in [7, 11) is 0. The quantitative estimate of drug-likeness (QED) is 0.275. The van der Waals surface area contributed by atoms with Gasteiger partial charge in [0.15, 0.2) is 11.6 Å². The normalized spacial score (nSPS) is 25.2. The minimum absolute atomic E-state index is 0.249. The molecule has 2 heteroatoms. The molecule has 1 fully saturated rings. The van der Waals surface area contributed by atoms with E-state index >= 15 is 0 Å². The molecule has 0 heterocycles. The number of unbranched alkanes of at least 4 members (excludes halogenated alkanes) is 1. The van der Waals surface area contributed by atoms with E-state index in [-0.39, 0.29) is 5.82 Å². The van der Waals surface area contributed by atoms with E-state index in [9.17, 15) is 4.39 Å². The van der Waals surface area contributed by atoms with Crippen LogP contribution < -0.4 is 4.74 Å². The number of hydrogen-bond donors (Lipinski definition) is 0. The molecule has 33 heavy (non-hydrogen) atoms. The molecule has 0 N–H and O–H groups in total. The van der Waals surface area contributed by atoms with E-state index in [1.807, 2.05) is 13.0 Å². The molecule has 2 aromatic rings. The Hall–Kier alpha value is -2.09. The fraction of sp³-hybridized carbons (Fsp3) is 0.548. The van der Waals surface area contributed by atoms with Crippen molar-refractivity contribution in [2.24, 2.45) is 17.8 Å². The van der Waals surface area contributed by atoms with Crippen molar-refractivity contribution >= 4 is 0 Å². The van der Waals surface area contributed by atoms with Crippen molar-refractivity contribution in [3.05, 3.63) is 77.1 Å². The Labute approximate surface area is 200 Å². The van der Waals surface area contributed by atoms with Crippen LogP contribution in [0.4, 0.5) is 4.39 Å². The molecule has 4 rings (SSSR count). The first-order valence-corrected chi connectivity index (χ1v) is 13.3. The first kappa shape index (κ1) is 24.0. The molecule has 0 saturated heterocycles. The molecular weight excluding hydrogens is 407 g/mol. The Kier molecular flexibility index (Phi) is 8.64. The van der Waals surface area contributed by atoms with E-state index in [1.165, 1.54) is 49.7 Å². The number of allylic oxidation sites excluding steroid dienone is 2. The Balaban J connectivity index is 1.20. The lowest BCUT2D eigenvalue weighted by Gasteiger charge is -2.34. The van der Waals surface area contributed by atoms with Crippen molar-refractivity contribution in [2.45, 2.75) is 84.0 Å². The van der Waals surface area contributed by atoms with Gasteiger partial charge in [0.2, 0.25) is 0 Å². The highest BCUT2D eigenvalue weighted by Crippen LogP contribution is 2.40. The molecule has 178 valence electrons. The van der Waals surface area contributed by atoms with Crippen LogP contribution in [0.2, 0.25) is 0 Å². The average molecular weight is 449 g/mol. The largest absolute Gasteiger partial charge is 0.491 e. The van der Waals surface area contributed by atoms with Gasteiger partial charge in [0, 0.05) is 5.92 Å². The van der Waals surface area contributed by atoms with E-state index in [0.29, 0.717) is 18.3 Å². The van der Waals surface area contributed by atoms with Crippen LogP contribution in [0, 0.1) is 23.6 Å². The van der Waals surface area contributed by atoms with E-state index in [0.717, 1.165) is 49.0 Å². The van der Waals surface area contributed by atoms with Crippen LogP contribution in [-0.2, 0) is 12.8 Å². The molecule has 0 bridgehead atoms. The zero-order valence-electron chi connectivity index (χ0n) is 20.6. The number of ether oxygens (including phenoxy) is 1. The summed E-state index contributed by atoms with van der Waals surface area (Å²) in [6.45, 7) is 4.78. The van der Waals surface area contributed by atoms with Gasteiger partial charge in [-0.25, -0.2) is 4.39 Å². The van der Waals surface area contributed by atoms with Crippen molar-refractivity contribution < 1.29 is 9.13 Å². The molecule has 2 atom stereocenters. The Morgan fingerprint density at radius 1 is 0.818 bits per heavy atom. The third kappa shape index (κ3) is 6.71. The fourth-order valence-corrected chi connectivity index (χ4v) is 5.79. The maximum absolute atomic E-state index is 14.0. The summed E-state index contributed by atoms with van der Waals surface area (Å²) in [6, 6.07) is 14.7. The van der Waals surface area contributed by atoms with Crippen molar-refractivity contribution in [3.8, 4) is 5.75 Å². The highest BCUT2D eigenvalue weighted by molar-refractivity contribution is 5.30. The predicted octanol–water partition coefficient (Wildman–Crippen LogP) is 8.67. The summed E-state index contributed by atoms with van der Waals surface area (Å²) in [5.41, 5.74) is 3.93. The topological polar surface area (TPSA) is 9.23 Å². The molecule has 0 aromatic heterocycles. The van der Waals surface area contributed by atoms with Gasteiger partial charge in [0.25, 0.3) is 0 Å². The molecule has 1 nitrogen and oxygen atoms in total. The molecule has 2 aliphatic rings. The van der Waals surface area contributed by atoms with Crippen LogP contribution >= 0.6 is 0 Å². The van der Waals surface area contributed by atoms with Crippen LogP contribution in [0.5, 0.6) is 5.75 Å². The molecule has 1 saturated carbocycles. The molecule has 0 radical (unpaired) electrons. The number of hydrogen-bond acceptors (Lipinski definition) is 1. The average Bonchev–Trinajstić information content (AvgIpc) is 2.85. The minimum Gasteiger partial charge on any atom is -0.491 e. The maximum Gasteiger partial charge on any atom is 0.165 e. The Bertz CT molecular complexity index is 892. The van der Waals surface area contributed by atoms with E-state index in [4.69, 9.17) is 4.74 Å². The summed E-state index contributed by atoms with van der Waals surface area (Å²) in [4.78, 5) is 0. The molecule has 0 aliphatic heterocycles. The lowest BCUT2D eigenvalue weighted by atomic mass is 9.71. The number of aryl methyl sites for hydroxylation is 2. The predicted molar refractivity (Wildman–Crippen MR) is 136 cm³/mol. The van der Waals surface area contributed by atoms with Gasteiger partial charge in [0.1, 0.15) is 0 Å². The van der Waals surface area contributed by atoms with Crippen molar-refractivity contribution in [2.75, 3.05) is 6.61 Å². The molecule has 0 spiro atoms. The third-order valence-electron chi connectivity index (χ3n) is 7.95. The second-order valence-corrected chi connectivity index (χ2v) is 10.4. The first-order chi connectivity index (χ1) is 16.1. The van der Waals surface area contributed by atoms with Crippen LogP contribution in [0.3, 0.4) is 0 Å². The second kappa shape index (κ2) is 11.9. The lowest BCUT2D eigenvalue weighted by Crippen LogP contribution is -2.22. The van der Waals surface area contributed by atoms with Crippen molar-refractivity contribution in [1.29, 1.82) is 0 Å². The van der Waals surface area contributed by atoms with Crippen molar-refractivity contribution in [3.63, 3.8) is 0 Å². The fourth-order valence-electron chi connectivity index (χ4n) is 5.79. The van der Waals surface area contributed by atoms with Crippen LogP contribution in [0.15, 0.2) is 54.6 Å². The van der Waals surface area contributed by atoms with Gasteiger partial charge < -0.3 is 4.74 Å². The molecule has 2 aliphatic carbocycles. The number of rotatable bonds is 9. The zero-order chi connectivity index (χ0) is 23.0. The standard InChI is InChI=1S/C31H41FO/c1-3-33-31-21-12-25(22-30(31)32)7-5-4-6-24-10-15-27(16-11-24)29-19-17-28(18-20-29)26-13-8-23(2)9-14-26/h10-12,15-17,19,21-23,26,28-29H,3-9,13-14,18,20H2,1-2H3. The van der Waals surface area contributed by atoms with E-state index in [1.54, 1.807) is 12.1 Å². The van der Waals surface area contributed by atoms with Gasteiger partial charge >= 0.3 is 0 Å². The third-order valence-corrected chi connectivity index (χ3v) is 7.95. The maximum atomic E-state index is 14.0. The number of halogens is 1. The van der Waals surface area contributed by atoms with Crippen LogP contribution in [0.25, 0.3) is 0 Å². The Morgan fingerprint density at radius 2 is 1.52 bits per heavy atom. The summed E-state index contributed by atoms with van der Waals surface area (Å²) in [6.07, 6.45) is 17.6. The summed E-state index contributed by atoms with van der Waals surface area (Å²) < 4.78 is 19.3. The van der Waals surface area contributed by atoms with Gasteiger partial charge in [0.05, 0.1) is 6.61 Å². The molecular formula is C31H41FO. The Morgan fingerprint density at radius 3 is 2.15 bits per heavy atom. The van der Waals surface area contributed by atoms with Gasteiger partial charge in [-0.15, -0.1) is 0 Å². The monoisotopic (exact) mass is 448 g/mol. The van der Waals surface area contributed by atoms with Crippen molar-refractivity contribution in [1.82, 2.24) is 0 Å². The highest BCUT2D eigenvalue weighted by atomic mass is 19.1. The van der Waals surface area contributed by atoms with E-state index < -0.39 is 0 Å². The zero-order valence-corrected chi connectivity index (χ0v) is 20.6. The highest BCUT2D eigenvalue weighted by Gasteiger charge is 2.27. The lowest BCUT2D eigenvalue weighted by molar-refractivity contribution is 0.225. The SMILES string of the molecule is CCOc1ccc(CCCCc2ccc(C3C=CC(C4CCC(C)CC4)CC3)cc2)cc1F. The minimum atomic E-state index is -0.249. The smallest absolute Gasteiger partial charge is 0.165 e. The first-order valence-electron chi connectivity index (χ1n) is 13.3. The second-order valence-electron chi connectivity index (χ2n) is 10.4. The molecule has 2 unspecified atom stereocenters. The molecule has 2 aromatic carbocycles. The van der Waals surface area contributed by atoms with Gasteiger partial charge in [-0.2, -0.15) is 0 Å². The van der Waals surface area contributed by atoms with Gasteiger partial charge in [-0.3, -0.25) is 0 Å². The van der Waals surface area contributed by atoms with Gasteiger partial charge in [-0.05, 0) is 105 Å². The van der Waals surface area contributed by atoms with Crippen LogP contribution in [0.1, 0.15) is 87.8 Å². The molecule has 0 amide bonds. The summed E-state index contributed by atoms with van der Waals surface area (Å²) in [5, 5.41) is 0. The summed E-state index contributed by atoms with van der Waals surface area (Å²) >= 11 is 0. The van der Waals surface area contributed by atoms with E-state index in [2.05, 4.69) is 43.3 Å². The van der Waals surface area contributed by atoms with Gasteiger partial charge in [-0.1, -0.05) is 62.2 Å². The van der Waals surface area contributed by atoms with Crippen LogP contribution in [-0.4, -0.2) is 6.61 Å². The summed E-state index contributed by atoms with van der Waals surface area (Å²) in [5.74, 6) is 3.38. The number of benzene rings is 2.